The molecule has 0 amide bonds. The molecule has 0 bridgehead atoms. The van der Waals surface area contributed by atoms with Gasteiger partial charge in [0.25, 0.3) is 0 Å². The SMILES string of the molecule is C[C@@H]1CN(Cc2csc(-c3cccnc3N3CCC4(CC3)OCCO4)n2)C[C@H](C)N1. The van der Waals surface area contributed by atoms with E-state index in [9.17, 15) is 0 Å². The molecule has 0 unspecified atom stereocenters. The van der Waals surface area contributed by atoms with Crippen molar-refractivity contribution in [3.05, 3.63) is 29.4 Å². The topological polar surface area (TPSA) is 62.8 Å². The zero-order valence-corrected chi connectivity index (χ0v) is 18.7. The summed E-state index contributed by atoms with van der Waals surface area (Å²) in [5.41, 5.74) is 2.27. The summed E-state index contributed by atoms with van der Waals surface area (Å²) >= 11 is 1.72. The van der Waals surface area contributed by atoms with Gasteiger partial charge in [-0.25, -0.2) is 9.97 Å². The Hall–Kier alpha value is -1.58. The van der Waals surface area contributed by atoms with Crippen molar-refractivity contribution in [2.75, 3.05) is 44.3 Å². The maximum atomic E-state index is 5.88. The molecule has 3 fully saturated rings. The van der Waals surface area contributed by atoms with Gasteiger partial charge in [-0.05, 0) is 26.0 Å². The Kier molecular flexibility index (Phi) is 5.77. The van der Waals surface area contributed by atoms with E-state index in [1.807, 2.05) is 12.3 Å². The van der Waals surface area contributed by atoms with Crippen LogP contribution in [0.3, 0.4) is 0 Å². The van der Waals surface area contributed by atoms with E-state index in [1.165, 1.54) is 0 Å². The number of hydrogen-bond donors (Lipinski definition) is 1. The predicted octanol–water partition coefficient (Wildman–Crippen LogP) is 2.73. The number of rotatable bonds is 4. The molecule has 3 aliphatic rings. The fraction of sp³-hybridized carbons (Fsp3) is 0.636. The Labute approximate surface area is 182 Å². The summed E-state index contributed by atoms with van der Waals surface area (Å²) < 4.78 is 11.8. The van der Waals surface area contributed by atoms with Gasteiger partial charge in [0.1, 0.15) is 10.8 Å². The lowest BCUT2D eigenvalue weighted by molar-refractivity contribution is -0.169. The van der Waals surface area contributed by atoms with Gasteiger partial charge in [0.2, 0.25) is 0 Å². The number of thiazole rings is 1. The first-order valence-electron chi connectivity index (χ1n) is 11.0. The molecule has 0 aliphatic carbocycles. The molecule has 0 saturated carbocycles. The van der Waals surface area contributed by atoms with Crippen LogP contribution in [0.1, 0.15) is 32.4 Å². The van der Waals surface area contributed by atoms with Crippen LogP contribution >= 0.6 is 11.3 Å². The fourth-order valence-electron chi connectivity index (χ4n) is 4.96. The summed E-state index contributed by atoms with van der Waals surface area (Å²) in [6.07, 6.45) is 3.64. The number of piperidine rings is 1. The van der Waals surface area contributed by atoms with Crippen LogP contribution in [0.4, 0.5) is 5.82 Å². The summed E-state index contributed by atoms with van der Waals surface area (Å²) in [7, 11) is 0. The highest BCUT2D eigenvalue weighted by molar-refractivity contribution is 7.13. The molecule has 3 aliphatic heterocycles. The molecule has 2 aromatic rings. The van der Waals surface area contributed by atoms with Crippen LogP contribution in [0.2, 0.25) is 0 Å². The minimum absolute atomic E-state index is 0.364. The Bertz CT molecular complexity index is 849. The predicted molar refractivity (Wildman–Crippen MR) is 119 cm³/mol. The first-order chi connectivity index (χ1) is 14.6. The second-order valence-corrected chi connectivity index (χ2v) is 9.63. The van der Waals surface area contributed by atoms with Crippen LogP contribution in [0.15, 0.2) is 23.7 Å². The lowest BCUT2D eigenvalue weighted by atomic mass is 10.0. The molecule has 0 aromatic carbocycles. The lowest BCUT2D eigenvalue weighted by Crippen LogP contribution is -2.53. The molecule has 162 valence electrons. The van der Waals surface area contributed by atoms with Gasteiger partial charge in [-0.1, -0.05) is 0 Å². The van der Waals surface area contributed by atoms with E-state index in [4.69, 9.17) is 19.4 Å². The van der Waals surface area contributed by atoms with E-state index in [2.05, 4.69) is 40.4 Å². The van der Waals surface area contributed by atoms with Crippen LogP contribution in [-0.2, 0) is 16.0 Å². The molecule has 1 spiro atoms. The minimum atomic E-state index is -0.364. The summed E-state index contributed by atoms with van der Waals surface area (Å²) in [5, 5.41) is 6.85. The van der Waals surface area contributed by atoms with Crippen LogP contribution in [0.5, 0.6) is 0 Å². The van der Waals surface area contributed by atoms with Gasteiger partial charge in [-0.2, -0.15) is 0 Å². The van der Waals surface area contributed by atoms with E-state index in [0.717, 1.165) is 67.6 Å². The summed E-state index contributed by atoms with van der Waals surface area (Å²) in [4.78, 5) is 14.6. The summed E-state index contributed by atoms with van der Waals surface area (Å²) in [5.74, 6) is 0.660. The monoisotopic (exact) mass is 429 g/mol. The average Bonchev–Trinajstić information content (AvgIpc) is 3.38. The Morgan fingerprint density at radius 2 is 1.90 bits per heavy atom. The Morgan fingerprint density at radius 3 is 2.63 bits per heavy atom. The van der Waals surface area contributed by atoms with Crippen molar-refractivity contribution in [3.63, 3.8) is 0 Å². The second kappa shape index (κ2) is 8.51. The molecule has 7 nitrogen and oxygen atoms in total. The highest BCUT2D eigenvalue weighted by Crippen LogP contribution is 2.37. The molecule has 5 heterocycles. The number of nitrogens with one attached hydrogen (secondary N) is 1. The number of hydrogen-bond acceptors (Lipinski definition) is 8. The first kappa shape index (κ1) is 20.3. The Morgan fingerprint density at radius 1 is 1.17 bits per heavy atom. The van der Waals surface area contributed by atoms with E-state index in [1.54, 1.807) is 11.3 Å². The van der Waals surface area contributed by atoms with Crippen molar-refractivity contribution in [2.45, 2.75) is 51.1 Å². The third-order valence-corrected chi connectivity index (χ3v) is 7.15. The number of ether oxygens (including phenoxy) is 2. The van der Waals surface area contributed by atoms with Crippen molar-refractivity contribution in [3.8, 4) is 10.6 Å². The number of pyridine rings is 1. The number of nitrogens with zero attached hydrogens (tertiary/aromatic N) is 4. The van der Waals surface area contributed by atoms with Crippen LogP contribution in [0, 0.1) is 0 Å². The largest absolute Gasteiger partial charge is 0.356 e. The minimum Gasteiger partial charge on any atom is -0.356 e. The van der Waals surface area contributed by atoms with Gasteiger partial charge in [0, 0.05) is 69.2 Å². The third kappa shape index (κ3) is 4.24. The van der Waals surface area contributed by atoms with Crippen molar-refractivity contribution in [1.29, 1.82) is 0 Å². The molecule has 2 atom stereocenters. The summed E-state index contributed by atoms with van der Waals surface area (Å²) in [6, 6.07) is 5.19. The van der Waals surface area contributed by atoms with E-state index < -0.39 is 0 Å². The van der Waals surface area contributed by atoms with Gasteiger partial charge >= 0.3 is 0 Å². The molecule has 2 aromatic heterocycles. The number of anilines is 1. The van der Waals surface area contributed by atoms with E-state index in [-0.39, 0.29) is 5.79 Å². The summed E-state index contributed by atoms with van der Waals surface area (Å²) in [6.45, 7) is 10.7. The molecule has 1 N–H and O–H groups in total. The standard InChI is InChI=1S/C22H31N5O2S/c1-16-12-26(13-17(2)24-16)14-18-15-30-21(25-18)19-4-3-7-23-20(19)27-8-5-22(6-9-27)28-10-11-29-22/h3-4,7,15-17,24H,5-6,8-14H2,1-2H3/t16-,17+. The van der Waals surface area contributed by atoms with Gasteiger partial charge in [-0.15, -0.1) is 11.3 Å². The van der Waals surface area contributed by atoms with Crippen LogP contribution in [0.25, 0.3) is 10.6 Å². The van der Waals surface area contributed by atoms with Gasteiger partial charge in [-0.3, -0.25) is 4.90 Å². The smallest absolute Gasteiger partial charge is 0.171 e. The average molecular weight is 430 g/mol. The van der Waals surface area contributed by atoms with E-state index >= 15 is 0 Å². The molecule has 30 heavy (non-hydrogen) atoms. The Balaban J connectivity index is 1.30. The third-order valence-electron chi connectivity index (χ3n) is 6.23. The molecule has 8 heteroatoms. The zero-order chi connectivity index (χ0) is 20.6. The van der Waals surface area contributed by atoms with Gasteiger partial charge < -0.3 is 19.7 Å². The highest BCUT2D eigenvalue weighted by atomic mass is 32.1. The second-order valence-electron chi connectivity index (χ2n) is 8.78. The highest BCUT2D eigenvalue weighted by Gasteiger charge is 2.40. The van der Waals surface area contributed by atoms with Crippen molar-refractivity contribution in [2.24, 2.45) is 0 Å². The number of aromatic nitrogens is 2. The normalized spacial score (nSPS) is 27.1. The van der Waals surface area contributed by atoms with Crippen LogP contribution < -0.4 is 10.2 Å². The maximum absolute atomic E-state index is 5.88. The van der Waals surface area contributed by atoms with Crippen molar-refractivity contribution < 1.29 is 9.47 Å². The quantitative estimate of drug-likeness (QED) is 0.802. The molecular formula is C22H31N5O2S. The number of piperazine rings is 1. The maximum Gasteiger partial charge on any atom is 0.171 e. The first-order valence-corrected chi connectivity index (χ1v) is 11.9. The van der Waals surface area contributed by atoms with Crippen molar-refractivity contribution in [1.82, 2.24) is 20.2 Å². The molecule has 3 saturated heterocycles. The van der Waals surface area contributed by atoms with Crippen molar-refractivity contribution >= 4 is 17.2 Å². The lowest BCUT2D eigenvalue weighted by Gasteiger charge is -2.38. The van der Waals surface area contributed by atoms with E-state index in [0.29, 0.717) is 25.3 Å². The van der Waals surface area contributed by atoms with Gasteiger partial charge in [0.15, 0.2) is 5.79 Å². The zero-order valence-electron chi connectivity index (χ0n) is 17.8. The fourth-order valence-corrected chi connectivity index (χ4v) is 5.79. The van der Waals surface area contributed by atoms with Crippen LogP contribution in [-0.4, -0.2) is 72.1 Å². The molecule has 0 radical (unpaired) electrons. The van der Waals surface area contributed by atoms with Gasteiger partial charge in [0.05, 0.1) is 24.5 Å². The molecular weight excluding hydrogens is 398 g/mol. The molecule has 5 rings (SSSR count).